The van der Waals surface area contributed by atoms with Crippen LogP contribution in [0.5, 0.6) is 0 Å². The maximum absolute atomic E-state index is 10.3. The van der Waals surface area contributed by atoms with E-state index >= 15 is 0 Å². The molecule has 0 unspecified atom stereocenters. The van der Waals surface area contributed by atoms with E-state index in [1.165, 1.54) is 48.5 Å². The van der Waals surface area contributed by atoms with Gasteiger partial charge in [0.2, 0.25) is 0 Å². The van der Waals surface area contributed by atoms with Crippen LogP contribution in [0.15, 0.2) is 70.5 Å². The van der Waals surface area contributed by atoms with Gasteiger partial charge in [0.15, 0.2) is 0 Å². The molecule has 0 atom stereocenters. The van der Waals surface area contributed by atoms with Crippen molar-refractivity contribution in [1.29, 1.82) is 0 Å². The molecule has 108 valence electrons. The van der Waals surface area contributed by atoms with Crippen molar-refractivity contribution < 1.29 is 25.9 Å². The van der Waals surface area contributed by atoms with Crippen molar-refractivity contribution in [1.82, 2.24) is 0 Å². The fraction of sp³-hybridized carbons (Fsp3) is 0. The van der Waals surface area contributed by atoms with Crippen LogP contribution >= 0.6 is 0 Å². The van der Waals surface area contributed by atoms with Crippen LogP contribution in [0.1, 0.15) is 0 Å². The molecule has 0 heterocycles. The Morgan fingerprint density at radius 3 is 0.952 bits per heavy atom. The minimum Gasteiger partial charge on any atom is -0.744 e. The monoisotopic (exact) mass is 452 g/mol. The Morgan fingerprint density at radius 2 is 0.810 bits per heavy atom. The number of benzene rings is 2. The van der Waals surface area contributed by atoms with Crippen molar-refractivity contribution in [3.05, 3.63) is 60.7 Å². The van der Waals surface area contributed by atoms with Crippen LogP contribution < -0.4 is 0 Å². The van der Waals surface area contributed by atoms with Gasteiger partial charge in [-0.2, -0.15) is 0 Å². The zero-order valence-electron chi connectivity index (χ0n) is 10.7. The van der Waals surface area contributed by atoms with Gasteiger partial charge in [-0.15, -0.1) is 0 Å². The van der Waals surface area contributed by atoms with E-state index in [-0.39, 0.29) is 58.7 Å². The van der Waals surface area contributed by atoms with E-state index in [4.69, 9.17) is 0 Å². The zero-order chi connectivity index (χ0) is 15.2. The van der Waals surface area contributed by atoms with Crippen molar-refractivity contribution in [2.45, 2.75) is 9.79 Å². The molecule has 2 aromatic rings. The first-order chi connectivity index (χ1) is 9.21. The average Bonchev–Trinajstić information content (AvgIpc) is 2.40. The molecular weight excluding hydrogens is 442 g/mol. The molecule has 0 fully saturated rings. The molecular formula is C12H10BaO6S2. The number of rotatable bonds is 2. The molecule has 0 aliphatic rings. The van der Waals surface area contributed by atoms with Gasteiger partial charge in [0, 0.05) is 0 Å². The summed E-state index contributed by atoms with van der Waals surface area (Å²) in [5.74, 6) is 0. The minimum absolute atomic E-state index is 0. The summed E-state index contributed by atoms with van der Waals surface area (Å²) in [6, 6.07) is 14.4. The summed E-state index contributed by atoms with van der Waals surface area (Å²) < 4.78 is 61.7. The molecule has 0 spiro atoms. The minimum atomic E-state index is -4.25. The molecule has 9 heteroatoms. The van der Waals surface area contributed by atoms with E-state index < -0.39 is 20.2 Å². The molecule has 0 radical (unpaired) electrons. The van der Waals surface area contributed by atoms with Crippen molar-refractivity contribution in [3.63, 3.8) is 0 Å². The average molecular weight is 452 g/mol. The van der Waals surface area contributed by atoms with Crippen LogP contribution in [0.25, 0.3) is 0 Å². The van der Waals surface area contributed by atoms with Gasteiger partial charge in [-0.25, -0.2) is 16.8 Å². The Morgan fingerprint density at radius 1 is 0.571 bits per heavy atom. The molecule has 0 N–H and O–H groups in total. The predicted octanol–water partition coefficient (Wildman–Crippen LogP) is 0.801. The molecule has 21 heavy (non-hydrogen) atoms. The summed E-state index contributed by atoms with van der Waals surface area (Å²) in [6.07, 6.45) is 0. The van der Waals surface area contributed by atoms with Gasteiger partial charge < -0.3 is 9.11 Å². The Kier molecular flexibility index (Phi) is 9.01. The molecule has 0 saturated heterocycles. The third kappa shape index (κ3) is 8.14. The molecule has 0 aliphatic heterocycles. The van der Waals surface area contributed by atoms with E-state index in [0.29, 0.717) is 0 Å². The molecule has 0 saturated carbocycles. The van der Waals surface area contributed by atoms with Crippen molar-refractivity contribution in [2.24, 2.45) is 0 Å². The van der Waals surface area contributed by atoms with Gasteiger partial charge in [0.1, 0.15) is 20.2 Å². The fourth-order valence-electron chi connectivity index (χ4n) is 1.17. The fourth-order valence-corrected chi connectivity index (χ4v) is 2.16. The predicted molar refractivity (Wildman–Crippen MR) is 74.6 cm³/mol. The Balaban J connectivity index is 0.000000364. The van der Waals surface area contributed by atoms with Crippen molar-refractivity contribution in [3.8, 4) is 0 Å². The van der Waals surface area contributed by atoms with E-state index in [0.717, 1.165) is 0 Å². The van der Waals surface area contributed by atoms with Crippen molar-refractivity contribution in [2.75, 3.05) is 0 Å². The van der Waals surface area contributed by atoms with Crippen LogP contribution in [-0.4, -0.2) is 74.8 Å². The van der Waals surface area contributed by atoms with Crippen LogP contribution in [0, 0.1) is 0 Å². The van der Waals surface area contributed by atoms with Crippen LogP contribution in [-0.2, 0) is 20.2 Å². The summed E-state index contributed by atoms with van der Waals surface area (Å²) in [5, 5.41) is 0. The third-order valence-electron chi connectivity index (χ3n) is 2.06. The van der Waals surface area contributed by atoms with E-state index in [1.54, 1.807) is 12.1 Å². The molecule has 2 aromatic carbocycles. The first-order valence-electron chi connectivity index (χ1n) is 5.23. The Hall–Kier alpha value is -0.169. The Labute approximate surface area is 163 Å². The summed E-state index contributed by atoms with van der Waals surface area (Å²) in [6.45, 7) is 0. The third-order valence-corrected chi connectivity index (χ3v) is 3.76. The standard InChI is InChI=1S/2C6H6O3S.Ba/c2*7-10(8,9)6-4-2-1-3-5-6;/h2*1-5H,(H,7,8,9);/q;;+2/p-2. The zero-order valence-corrected chi connectivity index (χ0v) is 16.8. The van der Waals surface area contributed by atoms with Crippen molar-refractivity contribution >= 4 is 69.1 Å². The van der Waals surface area contributed by atoms with E-state index in [9.17, 15) is 25.9 Å². The Bertz CT molecular complexity index is 675. The first kappa shape index (κ1) is 20.8. The second kappa shape index (κ2) is 9.08. The SMILES string of the molecule is O=S(=O)([O-])c1ccccc1.O=S(=O)([O-])c1ccccc1.[Ba+2]. The van der Waals surface area contributed by atoms with E-state index in [2.05, 4.69) is 0 Å². The van der Waals surface area contributed by atoms with Gasteiger partial charge in [0.25, 0.3) is 0 Å². The first-order valence-corrected chi connectivity index (χ1v) is 8.05. The number of hydrogen-bond donors (Lipinski definition) is 0. The smallest absolute Gasteiger partial charge is 0.744 e. The van der Waals surface area contributed by atoms with Gasteiger partial charge in [-0.3, -0.25) is 0 Å². The second-order valence-electron chi connectivity index (χ2n) is 3.53. The molecule has 0 aliphatic carbocycles. The largest absolute Gasteiger partial charge is 2.00 e. The van der Waals surface area contributed by atoms with Gasteiger partial charge in [0.05, 0.1) is 9.79 Å². The molecule has 6 nitrogen and oxygen atoms in total. The maximum atomic E-state index is 10.3. The summed E-state index contributed by atoms with van der Waals surface area (Å²) in [7, 11) is -8.51. The molecule has 0 amide bonds. The normalized spacial score (nSPS) is 10.8. The quantitative estimate of drug-likeness (QED) is 0.493. The summed E-state index contributed by atoms with van der Waals surface area (Å²) >= 11 is 0. The molecule has 0 aromatic heterocycles. The maximum Gasteiger partial charge on any atom is 2.00 e. The van der Waals surface area contributed by atoms with Gasteiger partial charge in [-0.1, -0.05) is 36.4 Å². The summed E-state index contributed by atoms with van der Waals surface area (Å²) in [5.41, 5.74) is 0. The van der Waals surface area contributed by atoms with Crippen LogP contribution in [0.2, 0.25) is 0 Å². The van der Waals surface area contributed by atoms with Gasteiger partial charge >= 0.3 is 48.9 Å². The molecule has 0 bridgehead atoms. The van der Waals surface area contributed by atoms with E-state index in [1.807, 2.05) is 0 Å². The number of hydrogen-bond acceptors (Lipinski definition) is 6. The topological polar surface area (TPSA) is 114 Å². The second-order valence-corrected chi connectivity index (χ2v) is 6.29. The van der Waals surface area contributed by atoms with Crippen LogP contribution in [0.3, 0.4) is 0 Å². The van der Waals surface area contributed by atoms with Gasteiger partial charge in [-0.05, 0) is 24.3 Å². The molecule has 2 rings (SSSR count). The van der Waals surface area contributed by atoms with Crippen LogP contribution in [0.4, 0.5) is 0 Å². The summed E-state index contributed by atoms with van der Waals surface area (Å²) in [4.78, 5) is -0.370.